The molecule has 0 bridgehead atoms. The van der Waals surface area contributed by atoms with Gasteiger partial charge in [0.15, 0.2) is 5.82 Å². The van der Waals surface area contributed by atoms with E-state index in [9.17, 15) is 19.6 Å². The smallest absolute Gasteiger partial charge is 0.263 e. The number of rotatable bonds is 8. The summed E-state index contributed by atoms with van der Waals surface area (Å²) in [6.45, 7) is 2.68. The summed E-state index contributed by atoms with van der Waals surface area (Å²) in [6, 6.07) is 5.55. The molecular weight excluding hydrogens is 575 g/mol. The lowest BCUT2D eigenvalue weighted by atomic mass is 9.73. The van der Waals surface area contributed by atoms with Crippen LogP contribution in [0.25, 0.3) is 0 Å². The zero-order chi connectivity index (χ0) is 30.2. The summed E-state index contributed by atoms with van der Waals surface area (Å²) >= 11 is 2.90. The fourth-order valence-electron chi connectivity index (χ4n) is 5.93. The third-order valence-electron chi connectivity index (χ3n) is 7.98. The molecular formula is C28H35N9O3S2. The molecule has 1 fully saturated rings. The van der Waals surface area contributed by atoms with E-state index in [0.29, 0.717) is 47.8 Å². The van der Waals surface area contributed by atoms with Crippen LogP contribution in [0.2, 0.25) is 0 Å². The van der Waals surface area contributed by atoms with Gasteiger partial charge in [0.1, 0.15) is 6.04 Å². The van der Waals surface area contributed by atoms with Crippen molar-refractivity contribution in [2.75, 3.05) is 41.3 Å². The lowest BCUT2D eigenvalue weighted by Gasteiger charge is -2.33. The van der Waals surface area contributed by atoms with Crippen molar-refractivity contribution < 1.29 is 14.4 Å². The van der Waals surface area contributed by atoms with Gasteiger partial charge in [0, 0.05) is 50.5 Å². The van der Waals surface area contributed by atoms with Gasteiger partial charge in [-0.25, -0.2) is 0 Å². The van der Waals surface area contributed by atoms with Crippen molar-refractivity contribution in [1.82, 2.24) is 40.6 Å². The molecule has 222 valence electrons. The van der Waals surface area contributed by atoms with Crippen LogP contribution in [0.1, 0.15) is 72.2 Å². The average molecular weight is 610 g/mol. The van der Waals surface area contributed by atoms with E-state index in [-0.39, 0.29) is 36.3 Å². The maximum atomic E-state index is 13.1. The summed E-state index contributed by atoms with van der Waals surface area (Å²) in [5.74, 6) is 0.174. The Morgan fingerprint density at radius 3 is 2.52 bits per heavy atom. The number of hydrogen-bond donors (Lipinski definition) is 2. The van der Waals surface area contributed by atoms with Crippen molar-refractivity contribution in [1.29, 1.82) is 5.26 Å². The molecule has 14 heteroatoms. The van der Waals surface area contributed by atoms with Crippen molar-refractivity contribution in [3.8, 4) is 6.07 Å². The summed E-state index contributed by atoms with van der Waals surface area (Å²) in [7, 11) is 6.93. The van der Waals surface area contributed by atoms with E-state index in [0.717, 1.165) is 27.3 Å². The highest BCUT2D eigenvalue weighted by Gasteiger charge is 2.48. The van der Waals surface area contributed by atoms with Crippen LogP contribution in [0, 0.1) is 11.3 Å². The van der Waals surface area contributed by atoms with Crippen LogP contribution in [0.5, 0.6) is 0 Å². The first-order valence-corrected chi connectivity index (χ1v) is 15.6. The Hall–Kier alpha value is -3.67. The lowest BCUT2D eigenvalue weighted by molar-refractivity contribution is -0.130. The van der Waals surface area contributed by atoms with E-state index < -0.39 is 5.41 Å². The molecule has 42 heavy (non-hydrogen) atoms. The molecule has 4 heterocycles. The van der Waals surface area contributed by atoms with Crippen LogP contribution in [-0.2, 0) is 23.1 Å². The number of carbonyl (C=O) groups excluding carboxylic acids is 3. The zero-order valence-corrected chi connectivity index (χ0v) is 26.1. The summed E-state index contributed by atoms with van der Waals surface area (Å²) < 4.78 is 0. The maximum Gasteiger partial charge on any atom is 0.263 e. The molecule has 3 aromatic rings. The molecule has 0 aromatic carbocycles. The van der Waals surface area contributed by atoms with Crippen LogP contribution >= 0.6 is 22.7 Å². The van der Waals surface area contributed by atoms with Gasteiger partial charge in [0.2, 0.25) is 5.91 Å². The highest BCUT2D eigenvalue weighted by Crippen LogP contribution is 2.51. The van der Waals surface area contributed by atoms with E-state index in [2.05, 4.69) is 32.0 Å². The Morgan fingerprint density at radius 1 is 1.17 bits per heavy atom. The summed E-state index contributed by atoms with van der Waals surface area (Å²) in [5.41, 5.74) is 1.03. The van der Waals surface area contributed by atoms with Crippen molar-refractivity contribution in [3.05, 3.63) is 48.6 Å². The quantitative estimate of drug-likeness (QED) is 0.394. The third-order valence-corrected chi connectivity index (χ3v) is 10.5. The standard InChI is InChI=1S/C28H35N9O3S2/c1-16(30-15-23(38)37-10-6-7-18(37)14-29)13-28(27-31-33-34-32-27)19-12-22(26(40)36(4)5)41-20(19)9-8-17-11-21(42-24(17)28)25(39)35(2)3/h11-12,16,18,30H,6-10,13,15H2,1-5H3,(H,31,32,33,34)/t16-,18-,28?/m0/s1. The summed E-state index contributed by atoms with van der Waals surface area (Å²) in [4.78, 5) is 47.3. The normalized spacial score (nSPS) is 20.3. The molecule has 3 aromatic heterocycles. The zero-order valence-electron chi connectivity index (χ0n) is 24.4. The summed E-state index contributed by atoms with van der Waals surface area (Å²) in [6.07, 6.45) is 3.36. The number of aryl methyl sites for hydroxylation is 2. The third kappa shape index (κ3) is 5.32. The average Bonchev–Trinajstić information content (AvgIpc) is 3.78. The Labute approximate surface area is 252 Å². The number of fused-ring (bicyclic) bond motifs is 2. The largest absolute Gasteiger partial charge is 0.344 e. The minimum Gasteiger partial charge on any atom is -0.344 e. The van der Waals surface area contributed by atoms with Crippen molar-refractivity contribution in [3.63, 3.8) is 0 Å². The fraction of sp³-hybridized carbons (Fsp3) is 0.536. The minimum absolute atomic E-state index is 0.0839. The molecule has 2 N–H and O–H groups in total. The molecule has 12 nitrogen and oxygen atoms in total. The van der Waals surface area contributed by atoms with Gasteiger partial charge in [0.25, 0.3) is 11.8 Å². The molecule has 2 aliphatic rings. The van der Waals surface area contributed by atoms with Gasteiger partial charge in [-0.3, -0.25) is 14.4 Å². The van der Waals surface area contributed by atoms with Crippen LogP contribution < -0.4 is 5.32 Å². The number of carbonyl (C=O) groups is 3. The van der Waals surface area contributed by atoms with Gasteiger partial charge in [-0.2, -0.15) is 10.5 Å². The van der Waals surface area contributed by atoms with Gasteiger partial charge in [-0.1, -0.05) is 5.21 Å². The van der Waals surface area contributed by atoms with Crippen LogP contribution in [0.4, 0.5) is 0 Å². The van der Waals surface area contributed by atoms with Gasteiger partial charge < -0.3 is 20.0 Å². The van der Waals surface area contributed by atoms with Crippen molar-refractivity contribution in [2.45, 2.75) is 56.5 Å². The lowest BCUT2D eigenvalue weighted by Crippen LogP contribution is -2.45. The van der Waals surface area contributed by atoms with E-state index in [1.807, 2.05) is 19.1 Å². The fourth-order valence-corrected chi connectivity index (χ4v) is 8.63. The first-order valence-electron chi connectivity index (χ1n) is 13.9. The number of amides is 3. The number of H-pyrrole nitrogens is 1. The van der Waals surface area contributed by atoms with E-state index in [4.69, 9.17) is 0 Å². The number of nitrogens with zero attached hydrogens (tertiary/aromatic N) is 7. The molecule has 1 aliphatic carbocycles. The van der Waals surface area contributed by atoms with Gasteiger partial charge in [-0.05, 0) is 62.3 Å². The topological polar surface area (TPSA) is 151 Å². The number of thiophene rings is 2. The predicted molar refractivity (Wildman–Crippen MR) is 159 cm³/mol. The second-order valence-corrected chi connectivity index (χ2v) is 13.5. The second-order valence-electron chi connectivity index (χ2n) is 11.3. The molecule has 0 saturated carbocycles. The Kier molecular flexibility index (Phi) is 8.45. The molecule has 3 amide bonds. The molecule has 5 rings (SSSR count). The number of aromatic amines is 1. The van der Waals surface area contributed by atoms with Crippen LogP contribution in [0.15, 0.2) is 12.1 Å². The van der Waals surface area contributed by atoms with Crippen molar-refractivity contribution in [2.24, 2.45) is 0 Å². The second kappa shape index (κ2) is 11.9. The molecule has 0 radical (unpaired) electrons. The van der Waals surface area contributed by atoms with Gasteiger partial charge in [0.05, 0.1) is 27.8 Å². The van der Waals surface area contributed by atoms with E-state index in [1.54, 1.807) is 42.9 Å². The molecule has 0 spiro atoms. The minimum atomic E-state index is -0.927. The predicted octanol–water partition coefficient (Wildman–Crippen LogP) is 2.04. The van der Waals surface area contributed by atoms with Crippen LogP contribution in [0.3, 0.4) is 0 Å². The molecule has 1 saturated heterocycles. The van der Waals surface area contributed by atoms with E-state index >= 15 is 0 Å². The van der Waals surface area contributed by atoms with Crippen molar-refractivity contribution >= 4 is 40.4 Å². The number of nitrogens with one attached hydrogen (secondary N) is 2. The van der Waals surface area contributed by atoms with Gasteiger partial charge in [-0.15, -0.1) is 32.9 Å². The number of aromatic nitrogens is 4. The Balaban J connectivity index is 1.59. The monoisotopic (exact) mass is 609 g/mol. The highest BCUT2D eigenvalue weighted by atomic mass is 32.1. The SMILES string of the molecule is C[C@@H](CC1(c2nn[nH]n2)c2cc(C(=O)N(C)C)sc2CCc2cc(C(=O)N(C)C)sc21)NCC(=O)N1CCC[C@H]1C#N. The number of tetrazole rings is 1. The molecule has 1 unspecified atom stereocenters. The number of hydrogen-bond acceptors (Lipinski definition) is 10. The highest BCUT2D eigenvalue weighted by molar-refractivity contribution is 7.15. The first kappa shape index (κ1) is 29.8. The molecule has 1 aliphatic heterocycles. The first-order chi connectivity index (χ1) is 20.1. The molecule has 3 atom stereocenters. The summed E-state index contributed by atoms with van der Waals surface area (Å²) in [5, 5.41) is 28.4. The Morgan fingerprint density at radius 2 is 1.88 bits per heavy atom. The van der Waals surface area contributed by atoms with Crippen LogP contribution in [-0.4, -0.2) is 106 Å². The number of nitriles is 1. The van der Waals surface area contributed by atoms with E-state index in [1.165, 1.54) is 22.7 Å². The van der Waals surface area contributed by atoms with Gasteiger partial charge >= 0.3 is 0 Å². The Bertz CT molecular complexity index is 1450. The maximum absolute atomic E-state index is 13.1. The number of likely N-dealkylation sites (tertiary alicyclic amines) is 1.